The molecule has 4 heteroatoms. The Bertz CT molecular complexity index is 981. The van der Waals surface area contributed by atoms with E-state index < -0.39 is 0 Å². The molecule has 3 rings (SSSR count). The second-order valence-corrected chi connectivity index (χ2v) is 7.12. The lowest BCUT2D eigenvalue weighted by atomic mass is 10.1. The van der Waals surface area contributed by atoms with Crippen LogP contribution in [0.4, 0.5) is 0 Å². The van der Waals surface area contributed by atoms with Crippen LogP contribution < -0.4 is 0 Å². The molecule has 2 heterocycles. The highest BCUT2D eigenvalue weighted by atomic mass is 16.5. The lowest BCUT2D eigenvalue weighted by molar-refractivity contribution is 0.0509. The summed E-state index contributed by atoms with van der Waals surface area (Å²) in [4.78, 5) is 16.8. The molecule has 0 unspecified atom stereocenters. The number of aromatic nitrogens is 2. The number of benzene rings is 1. The summed E-state index contributed by atoms with van der Waals surface area (Å²) >= 11 is 0. The predicted molar refractivity (Wildman–Crippen MR) is 113 cm³/mol. The molecule has 0 bridgehead atoms. The molecule has 0 saturated heterocycles. The molecule has 0 spiro atoms. The number of aryl methyl sites for hydroxylation is 3. The van der Waals surface area contributed by atoms with Crippen LogP contribution in [0.5, 0.6) is 0 Å². The zero-order chi connectivity index (χ0) is 20.1. The summed E-state index contributed by atoms with van der Waals surface area (Å²) in [6.45, 7) is 8.63. The summed E-state index contributed by atoms with van der Waals surface area (Å²) in [6.07, 6.45) is 2.73. The summed E-state index contributed by atoms with van der Waals surface area (Å²) in [5, 5.41) is 0. The van der Waals surface area contributed by atoms with E-state index in [9.17, 15) is 4.79 Å². The van der Waals surface area contributed by atoms with Gasteiger partial charge in [-0.1, -0.05) is 23.8 Å². The molecular weight excluding hydrogens is 348 g/mol. The van der Waals surface area contributed by atoms with Crippen LogP contribution in [0.25, 0.3) is 11.9 Å². The molecule has 2 aromatic heterocycles. The Labute approximate surface area is 166 Å². The van der Waals surface area contributed by atoms with Crippen LogP contribution in [0.2, 0.25) is 0 Å². The van der Waals surface area contributed by atoms with Crippen LogP contribution >= 0.6 is 0 Å². The van der Waals surface area contributed by atoms with E-state index in [1.54, 1.807) is 12.1 Å². The molecule has 0 aliphatic rings. The van der Waals surface area contributed by atoms with E-state index >= 15 is 0 Å². The number of carbonyl (C=O) groups excluding carboxylic acids is 1. The minimum atomic E-state index is -0.289. The summed E-state index contributed by atoms with van der Waals surface area (Å²) in [7, 11) is 0. The van der Waals surface area contributed by atoms with Crippen molar-refractivity contribution in [3.63, 3.8) is 0 Å². The highest BCUT2D eigenvalue weighted by molar-refractivity contribution is 5.89. The zero-order valence-corrected chi connectivity index (χ0v) is 16.9. The summed E-state index contributed by atoms with van der Waals surface area (Å²) in [5.74, 6) is 0.637. The first-order valence-corrected chi connectivity index (χ1v) is 9.47. The topological polar surface area (TPSA) is 44.1 Å². The number of esters is 1. The Morgan fingerprint density at radius 2 is 1.71 bits per heavy atom. The quantitative estimate of drug-likeness (QED) is 0.539. The van der Waals surface area contributed by atoms with Gasteiger partial charge in [-0.05, 0) is 75.7 Å². The van der Waals surface area contributed by atoms with Gasteiger partial charge < -0.3 is 9.30 Å². The van der Waals surface area contributed by atoms with E-state index in [-0.39, 0.29) is 5.97 Å². The molecule has 4 nitrogen and oxygen atoms in total. The fourth-order valence-corrected chi connectivity index (χ4v) is 3.18. The molecule has 0 radical (unpaired) electrons. The lowest BCUT2D eigenvalue weighted by Crippen LogP contribution is -2.06. The van der Waals surface area contributed by atoms with Gasteiger partial charge in [0.25, 0.3) is 0 Å². The number of carbonyl (C=O) groups is 1. The standard InChI is InChI=1S/C24H26N2O2/c1-17(12-13-28-24(27)21-8-6-5-7-9-21)14-22-15-18(2)16-23(25-22)26-19(3)10-11-20(26)4/h5-11,14-16H,12-13H2,1-4H3/b17-14-. The number of ether oxygens (including phenoxy) is 1. The lowest BCUT2D eigenvalue weighted by Gasteiger charge is -2.11. The second kappa shape index (κ2) is 8.70. The van der Waals surface area contributed by atoms with Crippen molar-refractivity contribution in [3.05, 3.63) is 88.4 Å². The van der Waals surface area contributed by atoms with Crippen LogP contribution in [0.1, 0.15) is 46.3 Å². The molecule has 0 aliphatic carbocycles. The summed E-state index contributed by atoms with van der Waals surface area (Å²) in [6, 6.07) is 17.4. The Balaban J connectivity index is 1.68. The van der Waals surface area contributed by atoms with Crippen molar-refractivity contribution in [2.75, 3.05) is 6.61 Å². The van der Waals surface area contributed by atoms with E-state index in [0.717, 1.165) is 34.0 Å². The molecular formula is C24H26N2O2. The van der Waals surface area contributed by atoms with Gasteiger partial charge in [0.05, 0.1) is 17.9 Å². The maximum Gasteiger partial charge on any atom is 0.338 e. The smallest absolute Gasteiger partial charge is 0.338 e. The molecule has 28 heavy (non-hydrogen) atoms. The average Bonchev–Trinajstić information content (AvgIpc) is 3.00. The molecule has 0 amide bonds. The van der Waals surface area contributed by atoms with Crippen molar-refractivity contribution < 1.29 is 9.53 Å². The minimum absolute atomic E-state index is 0.289. The molecule has 0 atom stereocenters. The first kappa shape index (κ1) is 19.6. The van der Waals surface area contributed by atoms with Crippen molar-refractivity contribution in [1.29, 1.82) is 0 Å². The third-order valence-corrected chi connectivity index (χ3v) is 4.61. The van der Waals surface area contributed by atoms with Gasteiger partial charge in [-0.2, -0.15) is 0 Å². The third-order valence-electron chi connectivity index (χ3n) is 4.61. The normalized spacial score (nSPS) is 11.5. The molecule has 0 fully saturated rings. The SMILES string of the molecule is C/C(=C/c1cc(C)cc(-n2c(C)ccc2C)n1)CCOC(=O)c1ccccc1. The highest BCUT2D eigenvalue weighted by Crippen LogP contribution is 2.18. The Hall–Kier alpha value is -3.14. The Kier molecular flexibility index (Phi) is 6.09. The maximum absolute atomic E-state index is 12.0. The van der Waals surface area contributed by atoms with E-state index in [4.69, 9.17) is 9.72 Å². The van der Waals surface area contributed by atoms with E-state index in [1.807, 2.05) is 25.1 Å². The first-order chi connectivity index (χ1) is 13.4. The van der Waals surface area contributed by atoms with Crippen molar-refractivity contribution in [3.8, 4) is 5.82 Å². The minimum Gasteiger partial charge on any atom is -0.462 e. The van der Waals surface area contributed by atoms with Gasteiger partial charge in [0.15, 0.2) is 0 Å². The van der Waals surface area contributed by atoms with Crippen LogP contribution in [-0.2, 0) is 4.74 Å². The fourth-order valence-electron chi connectivity index (χ4n) is 3.18. The van der Waals surface area contributed by atoms with E-state index in [0.29, 0.717) is 18.6 Å². The van der Waals surface area contributed by atoms with Gasteiger partial charge in [0.1, 0.15) is 5.82 Å². The largest absolute Gasteiger partial charge is 0.462 e. The number of rotatable bonds is 6. The van der Waals surface area contributed by atoms with Gasteiger partial charge in [-0.25, -0.2) is 9.78 Å². The Morgan fingerprint density at radius 3 is 2.39 bits per heavy atom. The zero-order valence-electron chi connectivity index (χ0n) is 16.9. The molecule has 0 aliphatic heterocycles. The van der Waals surface area contributed by atoms with Crippen molar-refractivity contribution in [2.24, 2.45) is 0 Å². The number of hydrogen-bond donors (Lipinski definition) is 0. The van der Waals surface area contributed by atoms with Crippen LogP contribution in [-0.4, -0.2) is 22.1 Å². The van der Waals surface area contributed by atoms with Crippen molar-refractivity contribution >= 4 is 12.0 Å². The molecule has 3 aromatic rings. The van der Waals surface area contributed by atoms with Crippen molar-refractivity contribution in [1.82, 2.24) is 9.55 Å². The van der Waals surface area contributed by atoms with E-state index in [2.05, 4.69) is 55.7 Å². The second-order valence-electron chi connectivity index (χ2n) is 7.12. The third kappa shape index (κ3) is 4.77. The van der Waals surface area contributed by atoms with E-state index in [1.165, 1.54) is 0 Å². The fraction of sp³-hybridized carbons (Fsp3) is 0.250. The summed E-state index contributed by atoms with van der Waals surface area (Å²) in [5.41, 5.74) is 6.09. The van der Waals surface area contributed by atoms with Crippen LogP contribution in [0, 0.1) is 20.8 Å². The van der Waals surface area contributed by atoms with Gasteiger partial charge in [-0.3, -0.25) is 0 Å². The van der Waals surface area contributed by atoms with Crippen molar-refractivity contribution in [2.45, 2.75) is 34.1 Å². The van der Waals surface area contributed by atoms with Gasteiger partial charge in [0, 0.05) is 17.8 Å². The Morgan fingerprint density at radius 1 is 1.04 bits per heavy atom. The first-order valence-electron chi connectivity index (χ1n) is 9.47. The average molecular weight is 374 g/mol. The molecule has 0 N–H and O–H groups in total. The van der Waals surface area contributed by atoms with Gasteiger partial charge >= 0.3 is 5.97 Å². The molecule has 1 aromatic carbocycles. The monoisotopic (exact) mass is 374 g/mol. The van der Waals surface area contributed by atoms with Crippen LogP contribution in [0.3, 0.4) is 0 Å². The number of pyridine rings is 1. The molecule has 144 valence electrons. The number of nitrogens with zero attached hydrogens (tertiary/aromatic N) is 2. The predicted octanol–water partition coefficient (Wildman–Crippen LogP) is 5.45. The van der Waals surface area contributed by atoms with Gasteiger partial charge in [0.2, 0.25) is 0 Å². The van der Waals surface area contributed by atoms with Crippen LogP contribution in [0.15, 0.2) is 60.2 Å². The molecule has 0 saturated carbocycles. The highest BCUT2D eigenvalue weighted by Gasteiger charge is 2.08. The number of hydrogen-bond acceptors (Lipinski definition) is 3. The van der Waals surface area contributed by atoms with Gasteiger partial charge in [-0.15, -0.1) is 0 Å². The maximum atomic E-state index is 12.0. The summed E-state index contributed by atoms with van der Waals surface area (Å²) < 4.78 is 7.52.